The molecule has 1 saturated carbocycles. The minimum atomic E-state index is 0.250. The van der Waals surface area contributed by atoms with Crippen LogP contribution in [0.1, 0.15) is 38.5 Å². The molecule has 1 aromatic heterocycles. The van der Waals surface area contributed by atoms with Crippen molar-refractivity contribution in [2.75, 3.05) is 18.2 Å². The van der Waals surface area contributed by atoms with E-state index in [9.17, 15) is 0 Å². The van der Waals surface area contributed by atoms with Crippen LogP contribution in [0.2, 0.25) is 0 Å². The smallest absolute Gasteiger partial charge is 0.225 e. The third-order valence-corrected chi connectivity index (χ3v) is 3.14. The Morgan fingerprint density at radius 3 is 2.59 bits per heavy atom. The number of anilines is 2. The molecule has 0 amide bonds. The number of nitrogens with two attached hydrogens (primary N) is 1. The molecule has 2 rings (SSSR count). The van der Waals surface area contributed by atoms with E-state index in [1.165, 1.54) is 38.5 Å². The molecule has 5 nitrogen and oxygen atoms in total. The Bertz CT molecular complexity index is 362. The van der Waals surface area contributed by atoms with Crippen molar-refractivity contribution in [3.63, 3.8) is 0 Å². The van der Waals surface area contributed by atoms with E-state index in [2.05, 4.69) is 15.3 Å². The molecule has 0 radical (unpaired) electrons. The first kappa shape index (κ1) is 12.0. The predicted octanol–water partition coefficient (Wildman–Crippen LogP) is 2.20. The highest BCUT2D eigenvalue weighted by Crippen LogP contribution is 2.22. The van der Waals surface area contributed by atoms with Crippen molar-refractivity contribution in [2.45, 2.75) is 44.6 Å². The van der Waals surface area contributed by atoms with Crippen LogP contribution in [0.4, 0.5) is 11.8 Å². The van der Waals surface area contributed by atoms with Gasteiger partial charge in [0.05, 0.1) is 7.11 Å². The average Bonchev–Trinajstić information content (AvgIpc) is 2.57. The Balaban J connectivity index is 2.03. The summed E-state index contributed by atoms with van der Waals surface area (Å²) >= 11 is 0. The number of aromatic nitrogens is 2. The van der Waals surface area contributed by atoms with Gasteiger partial charge in [-0.15, -0.1) is 0 Å². The Kier molecular flexibility index (Phi) is 4.01. The van der Waals surface area contributed by atoms with E-state index in [1.54, 1.807) is 13.2 Å². The third kappa shape index (κ3) is 3.47. The second-order valence-electron chi connectivity index (χ2n) is 4.49. The Morgan fingerprint density at radius 2 is 1.94 bits per heavy atom. The van der Waals surface area contributed by atoms with E-state index in [0.717, 1.165) is 5.82 Å². The lowest BCUT2D eigenvalue weighted by Gasteiger charge is -2.17. The number of hydrogen-bond acceptors (Lipinski definition) is 5. The highest BCUT2D eigenvalue weighted by molar-refractivity contribution is 5.43. The maximum absolute atomic E-state index is 5.63. The summed E-state index contributed by atoms with van der Waals surface area (Å²) < 4.78 is 5.08. The first-order valence-corrected chi connectivity index (χ1v) is 6.23. The largest absolute Gasteiger partial charge is 0.481 e. The lowest BCUT2D eigenvalue weighted by molar-refractivity contribution is 0.398. The van der Waals surface area contributed by atoms with E-state index >= 15 is 0 Å². The molecule has 0 bridgehead atoms. The van der Waals surface area contributed by atoms with E-state index in [-0.39, 0.29) is 5.95 Å². The van der Waals surface area contributed by atoms with Gasteiger partial charge in [-0.2, -0.15) is 9.97 Å². The standard InChI is InChI=1S/C12H20N4O/c1-17-11-8-10(15-12(13)16-11)14-9-6-4-2-3-5-7-9/h8-9H,2-7H2,1H3,(H3,13,14,15,16). The fraction of sp³-hybridized carbons (Fsp3) is 0.667. The summed E-state index contributed by atoms with van der Waals surface area (Å²) in [5, 5.41) is 3.43. The van der Waals surface area contributed by atoms with Gasteiger partial charge in [-0.25, -0.2) is 0 Å². The van der Waals surface area contributed by atoms with Crippen LogP contribution >= 0.6 is 0 Å². The molecule has 1 heterocycles. The second-order valence-corrected chi connectivity index (χ2v) is 4.49. The van der Waals surface area contributed by atoms with Gasteiger partial charge in [-0.05, 0) is 12.8 Å². The highest BCUT2D eigenvalue weighted by atomic mass is 16.5. The summed E-state index contributed by atoms with van der Waals surface area (Å²) in [5.41, 5.74) is 5.63. The second kappa shape index (κ2) is 5.70. The monoisotopic (exact) mass is 236 g/mol. The number of nitrogens with one attached hydrogen (secondary N) is 1. The quantitative estimate of drug-likeness (QED) is 0.787. The summed E-state index contributed by atoms with van der Waals surface area (Å²) in [6.45, 7) is 0. The van der Waals surface area contributed by atoms with Gasteiger partial charge in [0, 0.05) is 12.1 Å². The molecule has 94 valence electrons. The van der Waals surface area contributed by atoms with Crippen LogP contribution in [0.3, 0.4) is 0 Å². The van der Waals surface area contributed by atoms with Crippen molar-refractivity contribution in [2.24, 2.45) is 0 Å². The number of rotatable bonds is 3. The van der Waals surface area contributed by atoms with Crippen LogP contribution in [0.25, 0.3) is 0 Å². The zero-order valence-corrected chi connectivity index (χ0v) is 10.3. The van der Waals surface area contributed by atoms with Crippen molar-refractivity contribution in [1.29, 1.82) is 0 Å². The van der Waals surface area contributed by atoms with Crippen molar-refractivity contribution in [3.05, 3.63) is 6.07 Å². The van der Waals surface area contributed by atoms with E-state index < -0.39 is 0 Å². The maximum atomic E-state index is 5.63. The minimum absolute atomic E-state index is 0.250. The van der Waals surface area contributed by atoms with Gasteiger partial charge in [0.1, 0.15) is 5.82 Å². The van der Waals surface area contributed by atoms with Crippen LogP contribution in [-0.4, -0.2) is 23.1 Å². The molecular weight excluding hydrogens is 216 g/mol. The molecule has 0 aromatic carbocycles. The molecule has 0 unspecified atom stereocenters. The summed E-state index contributed by atoms with van der Waals surface area (Å²) in [6, 6.07) is 2.29. The normalized spacial score (nSPS) is 17.5. The average molecular weight is 236 g/mol. The topological polar surface area (TPSA) is 73.1 Å². The molecule has 0 saturated heterocycles. The zero-order chi connectivity index (χ0) is 12.1. The Morgan fingerprint density at radius 1 is 1.24 bits per heavy atom. The molecule has 5 heteroatoms. The number of hydrogen-bond donors (Lipinski definition) is 2. The Labute approximate surface area is 102 Å². The van der Waals surface area contributed by atoms with Gasteiger partial charge in [0.15, 0.2) is 0 Å². The summed E-state index contributed by atoms with van der Waals surface area (Å²) in [7, 11) is 1.58. The van der Waals surface area contributed by atoms with Crippen LogP contribution in [0.15, 0.2) is 6.07 Å². The van der Waals surface area contributed by atoms with Gasteiger partial charge in [0.2, 0.25) is 11.8 Å². The van der Waals surface area contributed by atoms with E-state index in [1.807, 2.05) is 0 Å². The maximum Gasteiger partial charge on any atom is 0.225 e. The predicted molar refractivity (Wildman–Crippen MR) is 68.1 cm³/mol. The highest BCUT2D eigenvalue weighted by Gasteiger charge is 2.13. The summed E-state index contributed by atoms with van der Waals surface area (Å²) in [6.07, 6.45) is 7.66. The molecule has 0 atom stereocenters. The number of nitrogens with zero attached hydrogens (tertiary/aromatic N) is 2. The molecule has 0 spiro atoms. The molecule has 1 fully saturated rings. The van der Waals surface area contributed by atoms with Gasteiger partial charge < -0.3 is 15.8 Å². The van der Waals surface area contributed by atoms with Gasteiger partial charge >= 0.3 is 0 Å². The van der Waals surface area contributed by atoms with Crippen LogP contribution < -0.4 is 15.8 Å². The van der Waals surface area contributed by atoms with Crippen molar-refractivity contribution < 1.29 is 4.74 Å². The van der Waals surface area contributed by atoms with Crippen molar-refractivity contribution in [3.8, 4) is 5.88 Å². The van der Waals surface area contributed by atoms with Gasteiger partial charge in [-0.3, -0.25) is 0 Å². The fourth-order valence-electron chi connectivity index (χ4n) is 2.25. The fourth-order valence-corrected chi connectivity index (χ4v) is 2.25. The van der Waals surface area contributed by atoms with E-state index in [0.29, 0.717) is 11.9 Å². The van der Waals surface area contributed by atoms with E-state index in [4.69, 9.17) is 10.5 Å². The Hall–Kier alpha value is -1.52. The van der Waals surface area contributed by atoms with Crippen molar-refractivity contribution >= 4 is 11.8 Å². The number of nitrogen functional groups attached to an aromatic ring is 1. The number of ether oxygens (including phenoxy) is 1. The third-order valence-electron chi connectivity index (χ3n) is 3.14. The first-order chi connectivity index (χ1) is 8.28. The van der Waals surface area contributed by atoms with Crippen LogP contribution in [0.5, 0.6) is 5.88 Å². The molecule has 17 heavy (non-hydrogen) atoms. The van der Waals surface area contributed by atoms with Crippen LogP contribution in [0, 0.1) is 0 Å². The van der Waals surface area contributed by atoms with Gasteiger partial charge in [-0.1, -0.05) is 25.7 Å². The molecule has 1 aliphatic carbocycles. The SMILES string of the molecule is COc1cc(NC2CCCCCC2)nc(N)n1. The lowest BCUT2D eigenvalue weighted by Crippen LogP contribution is -2.19. The molecule has 0 aliphatic heterocycles. The van der Waals surface area contributed by atoms with Crippen molar-refractivity contribution in [1.82, 2.24) is 9.97 Å². The summed E-state index contributed by atoms with van der Waals surface area (Å²) in [5.74, 6) is 1.52. The molecule has 1 aliphatic rings. The first-order valence-electron chi connectivity index (χ1n) is 6.23. The zero-order valence-electron chi connectivity index (χ0n) is 10.3. The van der Waals surface area contributed by atoms with Crippen LogP contribution in [-0.2, 0) is 0 Å². The van der Waals surface area contributed by atoms with Gasteiger partial charge in [0.25, 0.3) is 0 Å². The molecule has 3 N–H and O–H groups in total. The lowest BCUT2D eigenvalue weighted by atomic mass is 10.1. The minimum Gasteiger partial charge on any atom is -0.481 e. The summed E-state index contributed by atoms with van der Waals surface area (Å²) in [4.78, 5) is 8.15. The molecular formula is C12H20N4O. The molecule has 1 aromatic rings. The number of methoxy groups -OCH3 is 1.